The summed E-state index contributed by atoms with van der Waals surface area (Å²) in [6.07, 6.45) is 0.436. The molecule has 128 valence electrons. The number of rotatable bonds is 7. The molecule has 7 nitrogen and oxygen atoms in total. The first-order chi connectivity index (χ1) is 11.5. The van der Waals surface area contributed by atoms with Crippen molar-refractivity contribution in [3.8, 4) is 0 Å². The van der Waals surface area contributed by atoms with Crippen molar-refractivity contribution in [2.45, 2.75) is 13.3 Å². The monoisotopic (exact) mass is 331 g/mol. The molecule has 1 aromatic carbocycles. The Labute approximate surface area is 140 Å². The molecule has 0 spiro atoms. The largest absolute Gasteiger partial charge is 0.461 e. The van der Waals surface area contributed by atoms with Crippen molar-refractivity contribution >= 4 is 17.6 Å². The van der Waals surface area contributed by atoms with Crippen LogP contribution in [0.3, 0.4) is 0 Å². The lowest BCUT2D eigenvalue weighted by molar-refractivity contribution is 0.0514. The maximum atomic E-state index is 12.2. The average molecular weight is 331 g/mol. The number of nitrogens with zero attached hydrogens (tertiary/aromatic N) is 2. The fourth-order valence-corrected chi connectivity index (χ4v) is 2.06. The van der Waals surface area contributed by atoms with E-state index in [-0.39, 0.29) is 18.2 Å². The summed E-state index contributed by atoms with van der Waals surface area (Å²) in [5.41, 5.74) is 1.68. The van der Waals surface area contributed by atoms with Gasteiger partial charge in [0.05, 0.1) is 6.61 Å². The van der Waals surface area contributed by atoms with Crippen LogP contribution in [-0.4, -0.2) is 44.3 Å². The summed E-state index contributed by atoms with van der Waals surface area (Å²) in [6, 6.07) is 8.88. The van der Waals surface area contributed by atoms with Crippen LogP contribution >= 0.6 is 0 Å². The first kappa shape index (κ1) is 17.5. The van der Waals surface area contributed by atoms with Gasteiger partial charge in [-0.2, -0.15) is 0 Å². The molecule has 7 heteroatoms. The molecule has 0 saturated carbocycles. The van der Waals surface area contributed by atoms with Crippen LogP contribution in [0, 0.1) is 0 Å². The topological polar surface area (TPSA) is 84.7 Å². The van der Waals surface area contributed by atoms with Crippen molar-refractivity contribution in [3.05, 3.63) is 47.3 Å². The molecule has 0 aliphatic rings. The smallest absolute Gasteiger partial charge is 0.360 e. The number of ether oxygens (including phenoxy) is 1. The van der Waals surface area contributed by atoms with Gasteiger partial charge >= 0.3 is 5.97 Å². The number of amides is 1. The fourth-order valence-electron chi connectivity index (χ4n) is 2.06. The number of hydrogen-bond acceptors (Lipinski definition) is 6. The van der Waals surface area contributed by atoms with E-state index in [0.29, 0.717) is 24.3 Å². The van der Waals surface area contributed by atoms with E-state index >= 15 is 0 Å². The van der Waals surface area contributed by atoms with Gasteiger partial charge in [-0.3, -0.25) is 4.79 Å². The molecular formula is C17H21N3O4. The SMILES string of the molecule is CCOC(=O)c1cc(CCNC(=O)c2cccc(N(C)C)c2)on1. The summed E-state index contributed by atoms with van der Waals surface area (Å²) in [4.78, 5) is 25.6. The number of benzene rings is 1. The summed E-state index contributed by atoms with van der Waals surface area (Å²) >= 11 is 0. The number of anilines is 1. The Morgan fingerprint density at radius 2 is 2.08 bits per heavy atom. The predicted molar refractivity (Wildman–Crippen MR) is 89.3 cm³/mol. The van der Waals surface area contributed by atoms with Gasteiger partial charge < -0.3 is 19.5 Å². The van der Waals surface area contributed by atoms with Gasteiger partial charge in [0.25, 0.3) is 5.91 Å². The molecule has 0 unspecified atom stereocenters. The van der Waals surface area contributed by atoms with Crippen molar-refractivity contribution in [1.29, 1.82) is 0 Å². The van der Waals surface area contributed by atoms with E-state index in [9.17, 15) is 9.59 Å². The zero-order valence-corrected chi connectivity index (χ0v) is 14.0. The van der Waals surface area contributed by atoms with Crippen molar-refractivity contribution in [1.82, 2.24) is 10.5 Å². The van der Waals surface area contributed by atoms with Crippen LogP contribution in [0.5, 0.6) is 0 Å². The molecule has 0 bridgehead atoms. The quantitative estimate of drug-likeness (QED) is 0.780. The fraction of sp³-hybridized carbons (Fsp3) is 0.353. The minimum Gasteiger partial charge on any atom is -0.461 e. The maximum Gasteiger partial charge on any atom is 0.360 e. The molecular weight excluding hydrogens is 310 g/mol. The van der Waals surface area contributed by atoms with Gasteiger partial charge in [0, 0.05) is 44.4 Å². The van der Waals surface area contributed by atoms with E-state index in [2.05, 4.69) is 10.5 Å². The maximum absolute atomic E-state index is 12.2. The Hall–Kier alpha value is -2.83. The molecule has 2 aromatic rings. The van der Waals surface area contributed by atoms with Gasteiger partial charge in [-0.1, -0.05) is 11.2 Å². The molecule has 0 saturated heterocycles. The first-order valence-electron chi connectivity index (χ1n) is 7.69. The molecule has 0 fully saturated rings. The molecule has 1 aromatic heterocycles. The normalized spacial score (nSPS) is 10.3. The Bertz CT molecular complexity index is 709. The van der Waals surface area contributed by atoms with Crippen molar-refractivity contribution in [2.75, 3.05) is 32.1 Å². The lowest BCUT2D eigenvalue weighted by Gasteiger charge is -2.13. The van der Waals surface area contributed by atoms with Crippen LogP contribution < -0.4 is 10.2 Å². The highest BCUT2D eigenvalue weighted by Gasteiger charge is 2.13. The molecule has 0 aliphatic heterocycles. The van der Waals surface area contributed by atoms with E-state index in [1.54, 1.807) is 13.0 Å². The second kappa shape index (κ2) is 8.14. The summed E-state index contributed by atoms with van der Waals surface area (Å²) in [7, 11) is 3.84. The van der Waals surface area contributed by atoms with Gasteiger partial charge in [0.1, 0.15) is 5.76 Å². The van der Waals surface area contributed by atoms with Gasteiger partial charge in [-0.25, -0.2) is 4.79 Å². The van der Waals surface area contributed by atoms with Crippen LogP contribution in [0.2, 0.25) is 0 Å². The Morgan fingerprint density at radius 3 is 2.79 bits per heavy atom. The minimum absolute atomic E-state index is 0.136. The highest BCUT2D eigenvalue weighted by molar-refractivity contribution is 5.95. The van der Waals surface area contributed by atoms with Crippen molar-refractivity contribution in [3.63, 3.8) is 0 Å². The highest BCUT2D eigenvalue weighted by Crippen LogP contribution is 2.13. The van der Waals surface area contributed by atoms with E-state index in [0.717, 1.165) is 5.69 Å². The lowest BCUT2D eigenvalue weighted by Crippen LogP contribution is -2.25. The van der Waals surface area contributed by atoms with Crippen LogP contribution in [0.1, 0.15) is 33.5 Å². The summed E-state index contributed by atoms with van der Waals surface area (Å²) in [6.45, 7) is 2.38. The number of nitrogens with one attached hydrogen (secondary N) is 1. The Balaban J connectivity index is 1.87. The lowest BCUT2D eigenvalue weighted by atomic mass is 10.2. The molecule has 1 amide bonds. The minimum atomic E-state index is -0.517. The molecule has 1 N–H and O–H groups in total. The third-order valence-electron chi connectivity index (χ3n) is 3.33. The zero-order chi connectivity index (χ0) is 17.5. The number of aromatic nitrogens is 1. The van der Waals surface area contributed by atoms with E-state index < -0.39 is 5.97 Å². The van der Waals surface area contributed by atoms with Gasteiger partial charge in [0.15, 0.2) is 5.69 Å². The van der Waals surface area contributed by atoms with Crippen LogP contribution in [0.15, 0.2) is 34.9 Å². The van der Waals surface area contributed by atoms with Crippen LogP contribution in [0.25, 0.3) is 0 Å². The highest BCUT2D eigenvalue weighted by atomic mass is 16.5. The van der Waals surface area contributed by atoms with E-state index in [1.165, 1.54) is 6.07 Å². The van der Waals surface area contributed by atoms with Crippen molar-refractivity contribution < 1.29 is 18.8 Å². The molecule has 1 heterocycles. The molecule has 0 aliphatic carbocycles. The zero-order valence-electron chi connectivity index (χ0n) is 14.0. The van der Waals surface area contributed by atoms with Crippen LogP contribution in [-0.2, 0) is 11.2 Å². The Kier molecular flexibility index (Phi) is 5.95. The summed E-state index contributed by atoms with van der Waals surface area (Å²) < 4.78 is 9.90. The first-order valence-corrected chi connectivity index (χ1v) is 7.69. The predicted octanol–water partition coefficient (Wildman–Crippen LogP) is 1.89. The average Bonchev–Trinajstić information content (AvgIpc) is 3.04. The molecule has 0 atom stereocenters. The van der Waals surface area contributed by atoms with Gasteiger partial charge in [-0.15, -0.1) is 0 Å². The van der Waals surface area contributed by atoms with Gasteiger partial charge in [-0.05, 0) is 25.1 Å². The molecule has 24 heavy (non-hydrogen) atoms. The second-order valence-corrected chi connectivity index (χ2v) is 5.35. The standard InChI is InChI=1S/C17H21N3O4/c1-4-23-17(22)15-11-14(24-19-15)8-9-18-16(21)12-6-5-7-13(10-12)20(2)3/h5-7,10-11H,4,8-9H2,1-3H3,(H,18,21). The van der Waals surface area contributed by atoms with Gasteiger partial charge in [0.2, 0.25) is 0 Å². The van der Waals surface area contributed by atoms with Crippen molar-refractivity contribution in [2.24, 2.45) is 0 Å². The second-order valence-electron chi connectivity index (χ2n) is 5.35. The third-order valence-corrected chi connectivity index (χ3v) is 3.33. The Morgan fingerprint density at radius 1 is 1.29 bits per heavy atom. The number of carbonyl (C=O) groups is 2. The third kappa shape index (κ3) is 4.58. The van der Waals surface area contributed by atoms with Crippen LogP contribution in [0.4, 0.5) is 5.69 Å². The molecule has 0 radical (unpaired) electrons. The number of carbonyl (C=O) groups excluding carboxylic acids is 2. The number of hydrogen-bond donors (Lipinski definition) is 1. The summed E-state index contributed by atoms with van der Waals surface area (Å²) in [5.74, 6) is -0.165. The van der Waals surface area contributed by atoms with E-state index in [4.69, 9.17) is 9.26 Å². The number of esters is 1. The van der Waals surface area contributed by atoms with E-state index in [1.807, 2.05) is 37.2 Å². The summed E-state index contributed by atoms with van der Waals surface area (Å²) in [5, 5.41) is 6.47. The molecule has 2 rings (SSSR count).